The van der Waals surface area contributed by atoms with Gasteiger partial charge in [0.1, 0.15) is 5.01 Å². The molecule has 2 aromatic rings. The molecule has 0 atom stereocenters. The monoisotopic (exact) mass is 248 g/mol. The number of hydrogen-bond donors (Lipinski definition) is 0. The number of thiazole rings is 1. The first-order valence-electron chi connectivity index (χ1n) is 5.37. The zero-order valence-corrected chi connectivity index (χ0v) is 10.3. The Labute approximate surface area is 103 Å². The number of hydrogen-bond acceptors (Lipinski definition) is 6. The first kappa shape index (κ1) is 11.7. The molecule has 0 amide bonds. The lowest BCUT2D eigenvalue weighted by atomic mass is 10.2. The minimum atomic E-state index is 0.517. The summed E-state index contributed by atoms with van der Waals surface area (Å²) in [4.78, 5) is 8.61. The third kappa shape index (κ3) is 3.36. The van der Waals surface area contributed by atoms with Gasteiger partial charge in [-0.1, -0.05) is 5.16 Å². The third-order valence-electron chi connectivity index (χ3n) is 2.17. The molecule has 0 unspecified atom stereocenters. The molecule has 2 aromatic heterocycles. The highest BCUT2D eigenvalue weighted by Gasteiger charge is 2.08. The predicted molar refractivity (Wildman–Crippen MR) is 62.5 cm³/mol. The smallest absolute Gasteiger partial charge is 0.226 e. The largest absolute Gasteiger partial charge is 0.339 e. The zero-order chi connectivity index (χ0) is 12.1. The average Bonchev–Trinajstić information content (AvgIpc) is 2.90. The molecular formula is C11H12N4OS. The van der Waals surface area contributed by atoms with Crippen molar-refractivity contribution in [1.82, 2.24) is 15.1 Å². The number of aromatic nitrogens is 3. The van der Waals surface area contributed by atoms with Crippen molar-refractivity contribution >= 4 is 11.3 Å². The van der Waals surface area contributed by atoms with E-state index in [1.165, 1.54) is 0 Å². The Morgan fingerprint density at radius 2 is 2.35 bits per heavy atom. The second-order valence-corrected chi connectivity index (χ2v) is 4.62. The molecule has 17 heavy (non-hydrogen) atoms. The van der Waals surface area contributed by atoms with Crippen LogP contribution >= 0.6 is 11.3 Å². The number of rotatable bonds is 5. The maximum atomic E-state index is 8.42. The lowest BCUT2D eigenvalue weighted by Gasteiger charge is -1.88. The van der Waals surface area contributed by atoms with Crippen LogP contribution in [0.2, 0.25) is 0 Å². The zero-order valence-electron chi connectivity index (χ0n) is 9.51. The summed E-state index contributed by atoms with van der Waals surface area (Å²) in [7, 11) is 0. The Morgan fingerprint density at radius 3 is 3.06 bits per heavy atom. The van der Waals surface area contributed by atoms with Crippen LogP contribution in [0.1, 0.15) is 35.3 Å². The standard InChI is InChI=1S/C11H12N4OS/c1-8-7-17-11(13-8)6-9-14-10(16-15-9)4-2-3-5-12/h7H,2-4,6H2,1H3. The molecule has 0 saturated carbocycles. The molecule has 0 N–H and O–H groups in total. The van der Waals surface area contributed by atoms with Crippen LogP contribution in [-0.4, -0.2) is 15.1 Å². The van der Waals surface area contributed by atoms with Gasteiger partial charge in [-0.15, -0.1) is 11.3 Å². The van der Waals surface area contributed by atoms with E-state index in [1.807, 2.05) is 12.3 Å². The Kier molecular flexibility index (Phi) is 3.83. The van der Waals surface area contributed by atoms with E-state index < -0.39 is 0 Å². The van der Waals surface area contributed by atoms with Gasteiger partial charge in [-0.3, -0.25) is 0 Å². The van der Waals surface area contributed by atoms with Gasteiger partial charge in [0.25, 0.3) is 0 Å². The fourth-order valence-electron chi connectivity index (χ4n) is 1.40. The third-order valence-corrected chi connectivity index (χ3v) is 3.13. The average molecular weight is 248 g/mol. The van der Waals surface area contributed by atoms with Gasteiger partial charge in [-0.2, -0.15) is 10.2 Å². The Morgan fingerprint density at radius 1 is 1.47 bits per heavy atom. The molecule has 6 heteroatoms. The number of nitrogens with zero attached hydrogens (tertiary/aromatic N) is 4. The summed E-state index contributed by atoms with van der Waals surface area (Å²) in [5.41, 5.74) is 1.02. The van der Waals surface area contributed by atoms with Crippen molar-refractivity contribution in [2.45, 2.75) is 32.6 Å². The van der Waals surface area contributed by atoms with E-state index in [0.29, 0.717) is 31.0 Å². The van der Waals surface area contributed by atoms with Gasteiger partial charge >= 0.3 is 0 Å². The summed E-state index contributed by atoms with van der Waals surface area (Å²) < 4.78 is 5.10. The summed E-state index contributed by atoms with van der Waals surface area (Å²) in [6.45, 7) is 1.96. The molecule has 0 spiro atoms. The molecule has 0 bridgehead atoms. The molecule has 0 fully saturated rings. The van der Waals surface area contributed by atoms with Crippen LogP contribution in [0.4, 0.5) is 0 Å². The van der Waals surface area contributed by atoms with Crippen LogP contribution in [0.25, 0.3) is 0 Å². The minimum Gasteiger partial charge on any atom is -0.339 e. The minimum absolute atomic E-state index is 0.517. The molecule has 0 aliphatic carbocycles. The van der Waals surface area contributed by atoms with Gasteiger partial charge in [-0.25, -0.2) is 4.98 Å². The van der Waals surface area contributed by atoms with E-state index in [-0.39, 0.29) is 0 Å². The van der Waals surface area contributed by atoms with Gasteiger partial charge < -0.3 is 4.52 Å². The van der Waals surface area contributed by atoms with E-state index in [1.54, 1.807) is 11.3 Å². The summed E-state index contributed by atoms with van der Waals surface area (Å²) in [6, 6.07) is 2.09. The van der Waals surface area contributed by atoms with Crippen LogP contribution in [0, 0.1) is 18.3 Å². The lowest BCUT2D eigenvalue weighted by Crippen LogP contribution is -1.91. The normalized spacial score (nSPS) is 10.4. The summed E-state index contributed by atoms with van der Waals surface area (Å²) in [5.74, 6) is 1.26. The first-order valence-corrected chi connectivity index (χ1v) is 6.25. The van der Waals surface area contributed by atoms with Crippen LogP contribution in [0.5, 0.6) is 0 Å². The van der Waals surface area contributed by atoms with E-state index >= 15 is 0 Å². The molecule has 2 heterocycles. The quantitative estimate of drug-likeness (QED) is 0.759. The molecule has 0 radical (unpaired) electrons. The van der Waals surface area contributed by atoms with Crippen molar-refractivity contribution in [3.05, 3.63) is 27.8 Å². The second-order valence-electron chi connectivity index (χ2n) is 3.68. The van der Waals surface area contributed by atoms with Crippen LogP contribution in [-0.2, 0) is 12.8 Å². The molecule has 0 aromatic carbocycles. The predicted octanol–water partition coefficient (Wildman–Crippen LogP) is 2.27. The van der Waals surface area contributed by atoms with Gasteiger partial charge in [0.2, 0.25) is 5.89 Å². The summed E-state index contributed by atoms with van der Waals surface area (Å²) >= 11 is 1.60. The maximum Gasteiger partial charge on any atom is 0.226 e. The Hall–Kier alpha value is -1.74. The summed E-state index contributed by atoms with van der Waals surface area (Å²) in [5, 5.41) is 15.3. The van der Waals surface area contributed by atoms with E-state index in [4.69, 9.17) is 9.78 Å². The van der Waals surface area contributed by atoms with Gasteiger partial charge in [0.05, 0.1) is 12.5 Å². The number of aryl methyl sites for hydroxylation is 2. The molecule has 88 valence electrons. The Bertz CT molecular complexity index is 526. The second kappa shape index (κ2) is 5.55. The molecule has 0 aliphatic rings. The van der Waals surface area contributed by atoms with Crippen molar-refractivity contribution < 1.29 is 4.52 Å². The molecule has 0 aliphatic heterocycles. The fraction of sp³-hybridized carbons (Fsp3) is 0.455. The van der Waals surface area contributed by atoms with Crippen molar-refractivity contribution in [1.29, 1.82) is 5.26 Å². The highest BCUT2D eigenvalue weighted by Crippen LogP contribution is 2.13. The SMILES string of the molecule is Cc1csc(Cc2noc(CCCC#N)n2)n1. The van der Waals surface area contributed by atoms with Crippen LogP contribution < -0.4 is 0 Å². The number of nitriles is 1. The van der Waals surface area contributed by atoms with Crippen molar-refractivity contribution in [3.63, 3.8) is 0 Å². The molecule has 5 nitrogen and oxygen atoms in total. The molecular weight excluding hydrogens is 236 g/mol. The lowest BCUT2D eigenvalue weighted by molar-refractivity contribution is 0.371. The maximum absolute atomic E-state index is 8.42. The van der Waals surface area contributed by atoms with E-state index in [0.717, 1.165) is 17.1 Å². The van der Waals surface area contributed by atoms with Crippen molar-refractivity contribution in [2.24, 2.45) is 0 Å². The van der Waals surface area contributed by atoms with Crippen LogP contribution in [0.15, 0.2) is 9.90 Å². The van der Waals surface area contributed by atoms with Gasteiger partial charge in [0.15, 0.2) is 5.82 Å². The first-order chi connectivity index (χ1) is 8.28. The van der Waals surface area contributed by atoms with Gasteiger partial charge in [-0.05, 0) is 13.3 Å². The molecule has 0 saturated heterocycles. The molecule has 2 rings (SSSR count). The topological polar surface area (TPSA) is 75.6 Å². The van der Waals surface area contributed by atoms with E-state index in [9.17, 15) is 0 Å². The fourth-order valence-corrected chi connectivity index (χ4v) is 2.17. The highest BCUT2D eigenvalue weighted by molar-refractivity contribution is 7.09. The number of unbranched alkanes of at least 4 members (excludes halogenated alkanes) is 1. The van der Waals surface area contributed by atoms with E-state index in [2.05, 4.69) is 21.2 Å². The highest BCUT2D eigenvalue weighted by atomic mass is 32.1. The summed E-state index contributed by atoms with van der Waals surface area (Å²) in [6.07, 6.45) is 2.55. The van der Waals surface area contributed by atoms with Crippen molar-refractivity contribution in [3.8, 4) is 6.07 Å². The van der Waals surface area contributed by atoms with Crippen molar-refractivity contribution in [2.75, 3.05) is 0 Å². The van der Waals surface area contributed by atoms with Crippen LogP contribution in [0.3, 0.4) is 0 Å². The van der Waals surface area contributed by atoms with Gasteiger partial charge in [0, 0.05) is 23.9 Å². The Balaban J connectivity index is 1.92.